The van der Waals surface area contributed by atoms with Gasteiger partial charge in [-0.25, -0.2) is 9.67 Å². The molecule has 0 aliphatic rings. The van der Waals surface area contributed by atoms with Gasteiger partial charge in [0.2, 0.25) is 5.91 Å². The molecule has 3 N–H and O–H groups in total. The summed E-state index contributed by atoms with van der Waals surface area (Å²) in [5, 5.41) is 6.77. The van der Waals surface area contributed by atoms with Gasteiger partial charge in [-0.15, -0.1) is 0 Å². The van der Waals surface area contributed by atoms with Crippen molar-refractivity contribution >= 4 is 11.6 Å². The lowest BCUT2D eigenvalue weighted by Gasteiger charge is -2.10. The van der Waals surface area contributed by atoms with E-state index in [2.05, 4.69) is 15.4 Å². The lowest BCUT2D eigenvalue weighted by Crippen LogP contribution is -2.34. The fraction of sp³-hybridized carbons (Fsp3) is 0.250. The van der Waals surface area contributed by atoms with Crippen LogP contribution in [0.2, 0.25) is 0 Å². The van der Waals surface area contributed by atoms with E-state index in [1.165, 1.54) is 6.33 Å². The highest BCUT2D eigenvalue weighted by Gasteiger charge is 2.10. The van der Waals surface area contributed by atoms with Crippen molar-refractivity contribution in [3.63, 3.8) is 0 Å². The second-order valence-electron chi connectivity index (χ2n) is 3.89. The van der Waals surface area contributed by atoms with Gasteiger partial charge in [-0.2, -0.15) is 5.10 Å². The molecule has 6 nitrogen and oxygen atoms in total. The molecule has 1 aromatic heterocycles. The molecule has 0 saturated carbocycles. The highest BCUT2D eigenvalue weighted by Crippen LogP contribution is 2.12. The van der Waals surface area contributed by atoms with Crippen molar-refractivity contribution in [2.24, 2.45) is 5.73 Å². The summed E-state index contributed by atoms with van der Waals surface area (Å²) in [4.78, 5) is 15.5. The van der Waals surface area contributed by atoms with Crippen LogP contribution >= 0.6 is 0 Å². The normalized spacial score (nSPS) is 12.1. The molecule has 0 spiro atoms. The first-order valence-corrected chi connectivity index (χ1v) is 5.72. The predicted molar refractivity (Wildman–Crippen MR) is 68.3 cm³/mol. The fourth-order valence-electron chi connectivity index (χ4n) is 1.46. The van der Waals surface area contributed by atoms with Crippen LogP contribution in [0.3, 0.4) is 0 Å². The Morgan fingerprint density at radius 1 is 1.44 bits per heavy atom. The smallest absolute Gasteiger partial charge is 0.241 e. The Morgan fingerprint density at radius 3 is 2.72 bits per heavy atom. The Kier molecular flexibility index (Phi) is 3.69. The van der Waals surface area contributed by atoms with Crippen LogP contribution in [0, 0.1) is 0 Å². The highest BCUT2D eigenvalue weighted by atomic mass is 16.2. The van der Waals surface area contributed by atoms with Crippen molar-refractivity contribution in [1.29, 1.82) is 0 Å². The number of nitrogens with one attached hydrogen (secondary N) is 1. The average Bonchev–Trinajstić information content (AvgIpc) is 2.92. The van der Waals surface area contributed by atoms with Gasteiger partial charge in [0.1, 0.15) is 12.7 Å². The molecule has 0 radical (unpaired) electrons. The molecule has 6 heteroatoms. The number of hydrogen-bond acceptors (Lipinski definition) is 4. The van der Waals surface area contributed by atoms with Gasteiger partial charge in [-0.05, 0) is 30.7 Å². The van der Waals surface area contributed by atoms with Gasteiger partial charge in [0.05, 0.1) is 11.7 Å². The molecule has 0 aliphatic carbocycles. The lowest BCUT2D eigenvalue weighted by molar-refractivity contribution is -0.117. The van der Waals surface area contributed by atoms with Crippen LogP contribution in [0.15, 0.2) is 36.9 Å². The van der Waals surface area contributed by atoms with Crippen LogP contribution in [0.5, 0.6) is 0 Å². The first-order chi connectivity index (χ1) is 8.70. The standard InChI is InChI=1S/C12H15N5O/c1-2-11(13)12(18)16-9-3-5-10(6-4-9)17-8-14-7-15-17/h3-8,11H,2,13H2,1H3,(H,16,18)/t11-/m0/s1. The van der Waals surface area contributed by atoms with Gasteiger partial charge >= 0.3 is 0 Å². The van der Waals surface area contributed by atoms with E-state index in [1.54, 1.807) is 23.1 Å². The van der Waals surface area contributed by atoms with Crippen molar-refractivity contribution in [3.05, 3.63) is 36.9 Å². The zero-order valence-corrected chi connectivity index (χ0v) is 10.1. The highest BCUT2D eigenvalue weighted by molar-refractivity contribution is 5.94. The van der Waals surface area contributed by atoms with E-state index in [4.69, 9.17) is 5.73 Å². The number of benzene rings is 1. The van der Waals surface area contributed by atoms with Crippen LogP contribution in [0.1, 0.15) is 13.3 Å². The van der Waals surface area contributed by atoms with Gasteiger partial charge in [-0.3, -0.25) is 4.79 Å². The number of rotatable bonds is 4. The fourth-order valence-corrected chi connectivity index (χ4v) is 1.46. The largest absolute Gasteiger partial charge is 0.325 e. The Labute approximate surface area is 105 Å². The number of carbonyl (C=O) groups excluding carboxylic acids is 1. The van der Waals surface area contributed by atoms with Crippen LogP contribution in [0.4, 0.5) is 5.69 Å². The van der Waals surface area contributed by atoms with E-state index < -0.39 is 6.04 Å². The monoisotopic (exact) mass is 245 g/mol. The van der Waals surface area contributed by atoms with Gasteiger partial charge in [0, 0.05) is 5.69 Å². The third kappa shape index (κ3) is 2.72. The first-order valence-electron chi connectivity index (χ1n) is 5.72. The van der Waals surface area contributed by atoms with Crippen LogP contribution in [-0.4, -0.2) is 26.7 Å². The first kappa shape index (κ1) is 12.3. The Balaban J connectivity index is 2.06. The molecule has 1 amide bonds. The van der Waals surface area contributed by atoms with Crippen LogP contribution < -0.4 is 11.1 Å². The number of hydrogen-bond donors (Lipinski definition) is 2. The maximum atomic E-state index is 11.6. The molecular formula is C12H15N5O. The molecule has 0 unspecified atom stereocenters. The average molecular weight is 245 g/mol. The quantitative estimate of drug-likeness (QED) is 0.839. The number of nitrogens with two attached hydrogens (primary N) is 1. The molecule has 18 heavy (non-hydrogen) atoms. The summed E-state index contributed by atoms with van der Waals surface area (Å²) in [6.45, 7) is 1.87. The molecule has 0 fully saturated rings. The summed E-state index contributed by atoms with van der Waals surface area (Å²) in [6.07, 6.45) is 3.69. The molecule has 1 aromatic carbocycles. The Morgan fingerprint density at radius 2 is 2.17 bits per heavy atom. The summed E-state index contributed by atoms with van der Waals surface area (Å²) < 4.78 is 1.64. The third-order valence-corrected chi connectivity index (χ3v) is 2.59. The van der Waals surface area contributed by atoms with Crippen LogP contribution in [-0.2, 0) is 4.79 Å². The minimum atomic E-state index is -0.472. The molecule has 0 aliphatic heterocycles. The molecule has 2 rings (SSSR count). The number of anilines is 1. The molecule has 1 atom stereocenters. The number of carbonyl (C=O) groups is 1. The molecule has 0 saturated heterocycles. The topological polar surface area (TPSA) is 85.8 Å². The zero-order valence-electron chi connectivity index (χ0n) is 10.1. The molecule has 2 aromatic rings. The Bertz CT molecular complexity index is 506. The van der Waals surface area contributed by atoms with Gasteiger partial charge in [0.15, 0.2) is 0 Å². The molecular weight excluding hydrogens is 230 g/mol. The van der Waals surface area contributed by atoms with Crippen molar-refractivity contribution in [3.8, 4) is 5.69 Å². The minimum Gasteiger partial charge on any atom is -0.325 e. The van der Waals surface area contributed by atoms with E-state index >= 15 is 0 Å². The summed E-state index contributed by atoms with van der Waals surface area (Å²) in [5.74, 6) is -0.175. The van der Waals surface area contributed by atoms with E-state index in [9.17, 15) is 4.79 Å². The SMILES string of the molecule is CC[C@H](N)C(=O)Nc1ccc(-n2cncn2)cc1. The van der Waals surface area contributed by atoms with Crippen molar-refractivity contribution in [2.45, 2.75) is 19.4 Å². The van der Waals surface area contributed by atoms with E-state index in [-0.39, 0.29) is 5.91 Å². The number of amides is 1. The second kappa shape index (κ2) is 5.42. The molecule has 94 valence electrons. The lowest BCUT2D eigenvalue weighted by atomic mass is 10.2. The zero-order chi connectivity index (χ0) is 13.0. The number of nitrogens with zero attached hydrogens (tertiary/aromatic N) is 3. The molecule has 0 bridgehead atoms. The summed E-state index contributed by atoms with van der Waals surface area (Å²) in [6, 6.07) is 6.83. The second-order valence-corrected chi connectivity index (χ2v) is 3.89. The summed E-state index contributed by atoms with van der Waals surface area (Å²) in [5.41, 5.74) is 7.23. The third-order valence-electron chi connectivity index (χ3n) is 2.59. The summed E-state index contributed by atoms with van der Waals surface area (Å²) >= 11 is 0. The Hall–Kier alpha value is -2.21. The van der Waals surface area contributed by atoms with Crippen molar-refractivity contribution in [1.82, 2.24) is 14.8 Å². The predicted octanol–water partition coefficient (Wildman–Crippen LogP) is 0.943. The number of aromatic nitrogens is 3. The van der Waals surface area contributed by atoms with Gasteiger partial charge < -0.3 is 11.1 Å². The van der Waals surface area contributed by atoms with Crippen LogP contribution in [0.25, 0.3) is 5.69 Å². The van der Waals surface area contributed by atoms with E-state index in [1.807, 2.05) is 19.1 Å². The molecule has 1 heterocycles. The maximum Gasteiger partial charge on any atom is 0.241 e. The summed E-state index contributed by atoms with van der Waals surface area (Å²) in [7, 11) is 0. The van der Waals surface area contributed by atoms with Crippen molar-refractivity contribution < 1.29 is 4.79 Å². The van der Waals surface area contributed by atoms with E-state index in [0.29, 0.717) is 12.1 Å². The van der Waals surface area contributed by atoms with Gasteiger partial charge in [-0.1, -0.05) is 6.92 Å². The maximum absolute atomic E-state index is 11.6. The van der Waals surface area contributed by atoms with E-state index in [0.717, 1.165) is 5.69 Å². The van der Waals surface area contributed by atoms with Crippen molar-refractivity contribution in [2.75, 3.05) is 5.32 Å². The minimum absolute atomic E-state index is 0.175. The van der Waals surface area contributed by atoms with Gasteiger partial charge in [0.25, 0.3) is 0 Å².